The number of fused-ring (bicyclic) bond motifs is 13. The summed E-state index contributed by atoms with van der Waals surface area (Å²) in [5, 5.41) is 0. The minimum atomic E-state index is 0.460. The second-order valence-electron chi connectivity index (χ2n) is 16.1. The van der Waals surface area contributed by atoms with Crippen molar-refractivity contribution in [3.63, 3.8) is 0 Å². The monoisotopic (exact) mass is 610 g/mol. The lowest BCUT2D eigenvalue weighted by atomic mass is 9.69. The number of hydrogen-bond acceptors (Lipinski definition) is 1. The van der Waals surface area contributed by atoms with Gasteiger partial charge < -0.3 is 15.0 Å². The smallest absolute Gasteiger partial charge is 0.0916 e. The summed E-state index contributed by atoms with van der Waals surface area (Å²) in [6.07, 6.45) is 30.0. The van der Waals surface area contributed by atoms with Gasteiger partial charge >= 0.3 is 0 Å². The lowest BCUT2D eigenvalue weighted by Crippen LogP contribution is -2.19. The van der Waals surface area contributed by atoms with Gasteiger partial charge in [-0.05, 0) is 114 Å². The summed E-state index contributed by atoms with van der Waals surface area (Å²) in [5.74, 6) is 3.85. The van der Waals surface area contributed by atoms with Gasteiger partial charge in [-0.15, -0.1) is 0 Å². The number of allylic oxidation sites excluding steroid dienone is 10. The van der Waals surface area contributed by atoms with Crippen LogP contribution in [0.5, 0.6) is 0 Å². The summed E-state index contributed by atoms with van der Waals surface area (Å²) < 4.78 is 0. The molecular weight excluding hydrogens is 573 g/mol. The first kappa shape index (κ1) is 24.8. The summed E-state index contributed by atoms with van der Waals surface area (Å²) in [6, 6.07) is 7.48. The first-order valence-corrected chi connectivity index (χ1v) is 18.5. The van der Waals surface area contributed by atoms with Crippen LogP contribution in [0, 0.1) is 11.8 Å². The van der Waals surface area contributed by atoms with Crippen molar-refractivity contribution < 1.29 is 0 Å². The largest absolute Gasteiger partial charge is 0.355 e. The molecule has 4 aromatic heterocycles. The molecule has 17 rings (SSSR count). The van der Waals surface area contributed by atoms with Crippen molar-refractivity contribution in [2.24, 2.45) is 11.8 Å². The van der Waals surface area contributed by atoms with Crippen molar-refractivity contribution >= 4 is 44.2 Å². The van der Waals surface area contributed by atoms with Gasteiger partial charge in [0, 0.05) is 74.9 Å². The Hall–Kier alpha value is -4.31. The third kappa shape index (κ3) is 3.01. The molecule has 0 fully saturated rings. The molecule has 4 heteroatoms. The predicted molar refractivity (Wildman–Crippen MR) is 190 cm³/mol. The van der Waals surface area contributed by atoms with Gasteiger partial charge in [0.25, 0.3) is 0 Å². The van der Waals surface area contributed by atoms with Crippen LogP contribution in [0.2, 0.25) is 0 Å². The van der Waals surface area contributed by atoms with E-state index in [2.05, 4.69) is 81.8 Å². The molecule has 0 aromatic carbocycles. The molecule has 47 heavy (non-hydrogen) atoms. The third-order valence-corrected chi connectivity index (χ3v) is 14.0. The fraction of sp³-hybridized carbons (Fsp3) is 0.372. The third-order valence-electron chi connectivity index (χ3n) is 14.0. The quantitative estimate of drug-likeness (QED) is 0.170. The van der Waals surface area contributed by atoms with E-state index in [4.69, 9.17) is 4.98 Å². The van der Waals surface area contributed by atoms with Crippen LogP contribution in [0.25, 0.3) is 44.2 Å². The topological polar surface area (TPSA) is 60.3 Å². The van der Waals surface area contributed by atoms with Crippen LogP contribution in [-0.2, 0) is 0 Å². The second kappa shape index (κ2) is 8.39. The normalized spacial score (nSPS) is 33.3. The van der Waals surface area contributed by atoms with Crippen LogP contribution in [0.4, 0.5) is 0 Å². The standard InChI is InChI=1S/C43H38N4/c1-5-22-6-2-20(1)34-28-17-29-35-21-3-7-23(8-4-21)37(35)31(45-29)19-33-39-25-11-15-27(16-12-25)41(39)43(47-33)42-40-26-13-9-24(10-14-26)38(40)32(46-42)18-30(44-28)36(22)34/h1,3,5,7,9,11,13,15,17-27,44-46H,2,4,6,8,10,12,14,16H2. The Labute approximate surface area is 273 Å². The van der Waals surface area contributed by atoms with Crippen molar-refractivity contribution in [1.29, 1.82) is 0 Å². The predicted octanol–water partition coefficient (Wildman–Crippen LogP) is 10.6. The highest BCUT2D eigenvalue weighted by Crippen LogP contribution is 2.56. The molecule has 1 aliphatic heterocycles. The summed E-state index contributed by atoms with van der Waals surface area (Å²) in [5.41, 5.74) is 22.6. The summed E-state index contributed by atoms with van der Waals surface area (Å²) in [4.78, 5) is 18.0. The van der Waals surface area contributed by atoms with E-state index >= 15 is 0 Å². The minimum Gasteiger partial charge on any atom is -0.355 e. The van der Waals surface area contributed by atoms with Crippen molar-refractivity contribution in [2.75, 3.05) is 0 Å². The highest BCUT2D eigenvalue weighted by molar-refractivity contribution is 6.03. The van der Waals surface area contributed by atoms with E-state index in [1.165, 1.54) is 118 Å². The Bertz CT molecular complexity index is 2430. The Kier molecular flexibility index (Phi) is 4.43. The SMILES string of the molecule is C1=CC2CCC1C1=C2c2nc1cc1[nH]c(cc3[nH]c(cc4[nH]c2c2c4C4C=CC2CC4)c2c3C3C=CC2CC3)c2c1C1C=CC2CC1. The molecule has 5 heterocycles. The maximum atomic E-state index is 5.71. The fourth-order valence-electron chi connectivity index (χ4n) is 12.0. The maximum absolute atomic E-state index is 5.71. The van der Waals surface area contributed by atoms with Crippen LogP contribution in [0.3, 0.4) is 0 Å². The lowest BCUT2D eigenvalue weighted by Gasteiger charge is -2.33. The van der Waals surface area contributed by atoms with E-state index in [1.807, 2.05) is 0 Å². The second-order valence-corrected chi connectivity index (χ2v) is 16.1. The van der Waals surface area contributed by atoms with Crippen LogP contribution in [0.1, 0.15) is 132 Å². The molecular formula is C43H38N4. The molecule has 0 radical (unpaired) electrons. The summed E-state index contributed by atoms with van der Waals surface area (Å²) >= 11 is 0. The number of aromatic nitrogens is 4. The molecule has 12 aliphatic carbocycles. The molecule has 16 bridgehead atoms. The van der Waals surface area contributed by atoms with Crippen LogP contribution < -0.4 is 0 Å². The molecule has 0 amide bonds. The Morgan fingerprint density at radius 1 is 0.383 bits per heavy atom. The molecule has 0 spiro atoms. The minimum absolute atomic E-state index is 0.460. The molecule has 8 unspecified atom stereocenters. The summed E-state index contributed by atoms with van der Waals surface area (Å²) in [7, 11) is 0. The Balaban J connectivity index is 1.24. The van der Waals surface area contributed by atoms with Gasteiger partial charge in [0.15, 0.2) is 0 Å². The van der Waals surface area contributed by atoms with Crippen LogP contribution in [-0.4, -0.2) is 19.9 Å². The van der Waals surface area contributed by atoms with E-state index in [0.29, 0.717) is 47.3 Å². The van der Waals surface area contributed by atoms with Crippen molar-refractivity contribution in [1.82, 2.24) is 19.9 Å². The maximum Gasteiger partial charge on any atom is 0.0916 e. The zero-order chi connectivity index (χ0) is 30.1. The lowest BCUT2D eigenvalue weighted by molar-refractivity contribution is 0.557. The molecule has 13 aliphatic rings. The van der Waals surface area contributed by atoms with Gasteiger partial charge in [-0.2, -0.15) is 0 Å². The van der Waals surface area contributed by atoms with Crippen molar-refractivity contribution in [3.05, 3.63) is 112 Å². The average molecular weight is 611 g/mol. The number of H-pyrrole nitrogens is 3. The molecule has 0 saturated carbocycles. The molecule has 4 nitrogen and oxygen atoms in total. The molecule has 0 saturated heterocycles. The first-order chi connectivity index (χ1) is 23.2. The number of hydrogen-bond donors (Lipinski definition) is 3. The van der Waals surface area contributed by atoms with E-state index in [-0.39, 0.29) is 0 Å². The zero-order valence-electron chi connectivity index (χ0n) is 26.6. The van der Waals surface area contributed by atoms with Gasteiger partial charge in [0.1, 0.15) is 0 Å². The Morgan fingerprint density at radius 2 is 0.745 bits per heavy atom. The van der Waals surface area contributed by atoms with E-state index in [0.717, 1.165) is 0 Å². The molecule has 4 aromatic rings. The fourth-order valence-corrected chi connectivity index (χ4v) is 12.0. The summed E-state index contributed by atoms with van der Waals surface area (Å²) in [6.45, 7) is 0. The average Bonchev–Trinajstić information content (AvgIpc) is 3.91. The number of nitrogens with one attached hydrogen (secondary N) is 3. The number of aromatic amines is 3. The number of rotatable bonds is 0. The first-order valence-electron chi connectivity index (χ1n) is 18.5. The van der Waals surface area contributed by atoms with Crippen molar-refractivity contribution in [2.45, 2.75) is 86.9 Å². The van der Waals surface area contributed by atoms with Crippen LogP contribution in [0.15, 0.2) is 66.8 Å². The molecule has 3 N–H and O–H groups in total. The molecule has 8 atom stereocenters. The highest BCUT2D eigenvalue weighted by atomic mass is 14.8. The van der Waals surface area contributed by atoms with Crippen molar-refractivity contribution in [3.8, 4) is 0 Å². The van der Waals surface area contributed by atoms with Gasteiger partial charge in [-0.25, -0.2) is 4.98 Å². The number of nitrogens with zero attached hydrogens (tertiary/aromatic N) is 1. The van der Waals surface area contributed by atoms with Crippen LogP contribution >= 0.6 is 0 Å². The Morgan fingerprint density at radius 3 is 1.21 bits per heavy atom. The zero-order valence-corrected chi connectivity index (χ0v) is 26.6. The van der Waals surface area contributed by atoms with E-state index in [9.17, 15) is 0 Å². The van der Waals surface area contributed by atoms with Gasteiger partial charge in [-0.3, -0.25) is 0 Å². The van der Waals surface area contributed by atoms with E-state index < -0.39 is 0 Å². The van der Waals surface area contributed by atoms with Gasteiger partial charge in [0.05, 0.1) is 16.9 Å². The molecule has 230 valence electrons. The highest BCUT2D eigenvalue weighted by Gasteiger charge is 2.41. The van der Waals surface area contributed by atoms with Gasteiger partial charge in [0.2, 0.25) is 0 Å². The van der Waals surface area contributed by atoms with Gasteiger partial charge in [-0.1, -0.05) is 48.6 Å². The van der Waals surface area contributed by atoms with E-state index in [1.54, 1.807) is 22.3 Å².